The molecule has 0 fully saturated rings. The second-order valence-electron chi connectivity index (χ2n) is 4.62. The van der Waals surface area contributed by atoms with Crippen molar-refractivity contribution >= 4 is 20.6 Å². The molecule has 158 valence electrons. The average molecular weight is 538 g/mol. The summed E-state index contributed by atoms with van der Waals surface area (Å²) >= 11 is -5.21. The Morgan fingerprint density at radius 1 is 0.556 bits per heavy atom. The Bertz CT molecular complexity index is 530. The molecule has 0 aliphatic heterocycles. The van der Waals surface area contributed by atoms with E-state index in [1.54, 1.807) is 0 Å². The van der Waals surface area contributed by atoms with Crippen LogP contribution in [0.2, 0.25) is 0 Å². The SMILES string of the molecule is FC(F)(F)C(OI(OC(C(F)(F)F)C(F)(F)F)c1ccccc1)C(F)(F)F. The van der Waals surface area contributed by atoms with Crippen molar-refractivity contribution in [2.75, 3.05) is 0 Å². The number of halogens is 13. The summed E-state index contributed by atoms with van der Waals surface area (Å²) in [6.07, 6.45) is -33.8. The molecule has 0 aliphatic rings. The van der Waals surface area contributed by atoms with Gasteiger partial charge in [-0.05, 0) is 0 Å². The normalized spacial score (nSPS) is 14.8. The Kier molecular flexibility index (Phi) is 7.29. The third-order valence-electron chi connectivity index (χ3n) is 2.44. The van der Waals surface area contributed by atoms with E-state index in [1.807, 2.05) is 0 Å². The summed E-state index contributed by atoms with van der Waals surface area (Å²) in [4.78, 5) is 0. The molecule has 0 aliphatic carbocycles. The summed E-state index contributed by atoms with van der Waals surface area (Å²) < 4.78 is 158. The molecule has 0 N–H and O–H groups in total. The van der Waals surface area contributed by atoms with Crippen molar-refractivity contribution in [2.24, 2.45) is 0 Å². The number of hydrogen-bond donors (Lipinski definition) is 0. The Morgan fingerprint density at radius 2 is 0.852 bits per heavy atom. The molecule has 2 nitrogen and oxygen atoms in total. The van der Waals surface area contributed by atoms with Crippen molar-refractivity contribution in [3.8, 4) is 0 Å². The first kappa shape index (κ1) is 24.1. The van der Waals surface area contributed by atoms with Crippen molar-refractivity contribution in [1.82, 2.24) is 0 Å². The van der Waals surface area contributed by atoms with Gasteiger partial charge in [0.15, 0.2) is 0 Å². The first-order valence-electron chi connectivity index (χ1n) is 6.30. The van der Waals surface area contributed by atoms with E-state index in [1.165, 1.54) is 6.07 Å². The Hall–Kier alpha value is -0.970. The fourth-order valence-corrected chi connectivity index (χ4v) is 5.16. The van der Waals surface area contributed by atoms with E-state index in [0.29, 0.717) is 12.1 Å². The molecular weight excluding hydrogens is 531 g/mol. The molecule has 15 heteroatoms. The van der Waals surface area contributed by atoms with E-state index in [-0.39, 0.29) is 0 Å². The zero-order valence-electron chi connectivity index (χ0n) is 12.3. The van der Waals surface area contributed by atoms with Crippen LogP contribution in [-0.2, 0) is 6.13 Å². The Balaban J connectivity index is 3.33. The fraction of sp³-hybridized carbons (Fsp3) is 0.500. The molecule has 0 spiro atoms. The average Bonchev–Trinajstić information content (AvgIpc) is 2.42. The molecule has 0 aromatic heterocycles. The number of alkyl halides is 12. The predicted molar refractivity (Wildman–Crippen MR) is 73.1 cm³/mol. The van der Waals surface area contributed by atoms with Crippen molar-refractivity contribution in [2.45, 2.75) is 36.9 Å². The van der Waals surface area contributed by atoms with Crippen LogP contribution in [0.1, 0.15) is 0 Å². The first-order chi connectivity index (χ1) is 11.9. The van der Waals surface area contributed by atoms with Crippen LogP contribution >= 0.6 is 20.6 Å². The van der Waals surface area contributed by atoms with E-state index in [4.69, 9.17) is 0 Å². The summed E-state index contributed by atoms with van der Waals surface area (Å²) in [5, 5.41) is 0. The maximum absolute atomic E-state index is 12.6. The van der Waals surface area contributed by atoms with Crippen molar-refractivity contribution in [3.63, 3.8) is 0 Å². The standard InChI is InChI=1S/C12H7F12IO2/c13-9(14,15)7(10(16,17)18)26-25(6-4-2-1-3-5-6)27-8(11(19,20)21)12(22,23)24/h1-5,7-8H. The molecular formula is C12H7F12IO2. The van der Waals surface area contributed by atoms with Gasteiger partial charge in [0.05, 0.1) is 0 Å². The van der Waals surface area contributed by atoms with Gasteiger partial charge in [0.25, 0.3) is 0 Å². The van der Waals surface area contributed by atoms with E-state index in [0.717, 1.165) is 12.1 Å². The molecule has 0 unspecified atom stereocenters. The summed E-state index contributed by atoms with van der Waals surface area (Å²) in [5.74, 6) is 0. The molecule has 0 amide bonds. The van der Waals surface area contributed by atoms with Gasteiger partial charge in [-0.25, -0.2) is 0 Å². The zero-order chi connectivity index (χ0) is 21.3. The molecule has 0 saturated heterocycles. The van der Waals surface area contributed by atoms with Gasteiger partial charge in [-0.15, -0.1) is 0 Å². The minimum atomic E-state index is -6.14. The molecule has 1 rings (SSSR count). The molecule has 0 atom stereocenters. The first-order valence-corrected chi connectivity index (χ1v) is 9.14. The molecule has 0 heterocycles. The third kappa shape index (κ3) is 7.17. The summed E-state index contributed by atoms with van der Waals surface area (Å²) in [6, 6.07) is 4.53. The fourth-order valence-electron chi connectivity index (χ4n) is 1.38. The second kappa shape index (κ2) is 8.18. The van der Waals surface area contributed by atoms with Crippen LogP contribution in [0.25, 0.3) is 0 Å². The predicted octanol–water partition coefficient (Wildman–Crippen LogP) is 6.21. The number of benzene rings is 1. The summed E-state index contributed by atoms with van der Waals surface area (Å²) in [5.41, 5.74) is 0. The van der Waals surface area contributed by atoms with E-state index in [2.05, 4.69) is 6.13 Å². The summed E-state index contributed by atoms with van der Waals surface area (Å²) in [7, 11) is 0. The molecule has 1 aromatic carbocycles. The zero-order valence-corrected chi connectivity index (χ0v) is 14.4. The van der Waals surface area contributed by atoms with Crippen molar-refractivity contribution in [1.29, 1.82) is 0 Å². The molecule has 0 saturated carbocycles. The number of hydrogen-bond acceptors (Lipinski definition) is 2. The van der Waals surface area contributed by atoms with Crippen LogP contribution in [0.3, 0.4) is 0 Å². The third-order valence-corrected chi connectivity index (χ3v) is 6.12. The van der Waals surface area contributed by atoms with Gasteiger partial charge < -0.3 is 0 Å². The van der Waals surface area contributed by atoms with Crippen molar-refractivity contribution in [3.05, 3.63) is 33.9 Å². The van der Waals surface area contributed by atoms with Crippen LogP contribution in [0.4, 0.5) is 52.7 Å². The monoisotopic (exact) mass is 538 g/mol. The Morgan fingerprint density at radius 3 is 1.11 bits per heavy atom. The van der Waals surface area contributed by atoms with Gasteiger partial charge >= 0.3 is 150 Å². The van der Waals surface area contributed by atoms with Gasteiger partial charge in [0, 0.05) is 0 Å². The summed E-state index contributed by atoms with van der Waals surface area (Å²) in [6.45, 7) is 0. The maximum atomic E-state index is 12.6. The van der Waals surface area contributed by atoms with E-state index in [9.17, 15) is 52.7 Å². The van der Waals surface area contributed by atoms with Crippen LogP contribution < -0.4 is 0 Å². The molecule has 1 aromatic rings. The van der Waals surface area contributed by atoms with Crippen LogP contribution in [-0.4, -0.2) is 36.9 Å². The minimum absolute atomic E-state index is 0.707. The van der Waals surface area contributed by atoms with Gasteiger partial charge in [0.2, 0.25) is 0 Å². The van der Waals surface area contributed by atoms with Gasteiger partial charge in [-0.2, -0.15) is 0 Å². The second-order valence-corrected chi connectivity index (χ2v) is 8.12. The molecule has 0 bridgehead atoms. The van der Waals surface area contributed by atoms with E-state index >= 15 is 0 Å². The van der Waals surface area contributed by atoms with Gasteiger partial charge in [-0.1, -0.05) is 0 Å². The molecule has 27 heavy (non-hydrogen) atoms. The van der Waals surface area contributed by atoms with Crippen LogP contribution in [0.5, 0.6) is 0 Å². The van der Waals surface area contributed by atoms with Gasteiger partial charge in [-0.3, -0.25) is 0 Å². The van der Waals surface area contributed by atoms with Crippen LogP contribution in [0.15, 0.2) is 30.3 Å². The van der Waals surface area contributed by atoms with Crippen LogP contribution in [0, 0.1) is 3.57 Å². The topological polar surface area (TPSA) is 18.5 Å². The van der Waals surface area contributed by atoms with Crippen molar-refractivity contribution < 1.29 is 58.8 Å². The van der Waals surface area contributed by atoms with Gasteiger partial charge in [0.1, 0.15) is 0 Å². The quantitative estimate of drug-likeness (QED) is 0.328. The van der Waals surface area contributed by atoms with E-state index < -0.39 is 61.1 Å². The number of rotatable bonds is 5. The molecule has 0 radical (unpaired) electrons. The Labute approximate surface area is 150 Å².